The van der Waals surface area contributed by atoms with Crippen LogP contribution in [0.2, 0.25) is 0 Å². The highest BCUT2D eigenvalue weighted by atomic mass is 16.5. The van der Waals surface area contributed by atoms with E-state index in [1.165, 1.54) is 6.92 Å². The molecule has 1 heterocycles. The Kier molecular flexibility index (Phi) is 9.30. The highest BCUT2D eigenvalue weighted by Crippen LogP contribution is 2.22. The van der Waals surface area contributed by atoms with Crippen molar-refractivity contribution in [1.29, 1.82) is 0 Å². The summed E-state index contributed by atoms with van der Waals surface area (Å²) in [6.07, 6.45) is 0.795. The van der Waals surface area contributed by atoms with Gasteiger partial charge in [-0.1, -0.05) is 13.8 Å². The number of aliphatic imine (C=N–C) groups is 2. The van der Waals surface area contributed by atoms with E-state index in [1.807, 2.05) is 13.8 Å². The van der Waals surface area contributed by atoms with E-state index in [4.69, 9.17) is 19.2 Å². The molecule has 0 aromatic rings. The summed E-state index contributed by atoms with van der Waals surface area (Å²) in [4.78, 5) is 33.2. The van der Waals surface area contributed by atoms with E-state index < -0.39 is 11.9 Å². The number of carbonyl (C=O) groups is 2. The highest BCUT2D eigenvalue weighted by molar-refractivity contribution is 5.98. The first-order valence-corrected chi connectivity index (χ1v) is 9.43. The number of hydrogen-bond donors (Lipinski definition) is 0. The Morgan fingerprint density at radius 3 is 2.12 bits per heavy atom. The second-order valence-corrected chi connectivity index (χ2v) is 6.50. The van der Waals surface area contributed by atoms with E-state index in [0.29, 0.717) is 37.9 Å². The van der Waals surface area contributed by atoms with E-state index >= 15 is 0 Å². The third-order valence-corrected chi connectivity index (χ3v) is 4.09. The minimum absolute atomic E-state index is 0.179. The quantitative estimate of drug-likeness (QED) is 0.461. The summed E-state index contributed by atoms with van der Waals surface area (Å²) in [5.74, 6) is -0.122. The first-order chi connectivity index (χ1) is 12.3. The van der Waals surface area contributed by atoms with E-state index in [9.17, 15) is 9.59 Å². The van der Waals surface area contributed by atoms with Crippen LogP contribution in [0.15, 0.2) is 9.98 Å². The molecule has 0 spiro atoms. The SMILES string of the molecule is CCOC(=O)C(CC[C@@H]1N=C(OCC)[C@@H](C(C)C)N=C1OCC)C(C)=O. The van der Waals surface area contributed by atoms with Gasteiger partial charge in [-0.2, -0.15) is 0 Å². The van der Waals surface area contributed by atoms with Crippen molar-refractivity contribution >= 4 is 23.5 Å². The summed E-state index contributed by atoms with van der Waals surface area (Å²) in [6.45, 7) is 12.3. The number of ketones is 1. The maximum atomic E-state index is 12.0. The molecule has 0 amide bonds. The Hall–Kier alpha value is -1.92. The van der Waals surface area contributed by atoms with Crippen LogP contribution < -0.4 is 0 Å². The summed E-state index contributed by atoms with van der Waals surface area (Å²) < 4.78 is 16.4. The summed E-state index contributed by atoms with van der Waals surface area (Å²) in [5.41, 5.74) is 0. The number of nitrogens with zero attached hydrogens (tertiary/aromatic N) is 2. The largest absolute Gasteiger partial charge is 0.480 e. The van der Waals surface area contributed by atoms with Crippen LogP contribution in [0.25, 0.3) is 0 Å². The molecule has 26 heavy (non-hydrogen) atoms. The Labute approximate surface area is 156 Å². The third kappa shape index (κ3) is 6.11. The lowest BCUT2D eigenvalue weighted by Crippen LogP contribution is -2.39. The van der Waals surface area contributed by atoms with Crippen LogP contribution in [-0.2, 0) is 23.8 Å². The zero-order valence-electron chi connectivity index (χ0n) is 16.8. The van der Waals surface area contributed by atoms with Gasteiger partial charge >= 0.3 is 5.97 Å². The lowest BCUT2D eigenvalue weighted by atomic mass is 9.95. The molecule has 0 saturated carbocycles. The number of esters is 1. The third-order valence-electron chi connectivity index (χ3n) is 4.09. The Balaban J connectivity index is 2.97. The van der Waals surface area contributed by atoms with Crippen molar-refractivity contribution in [2.75, 3.05) is 19.8 Å². The topological polar surface area (TPSA) is 86.6 Å². The molecule has 0 aromatic heterocycles. The zero-order chi connectivity index (χ0) is 19.7. The minimum atomic E-state index is -0.786. The maximum Gasteiger partial charge on any atom is 0.316 e. The molecule has 0 bridgehead atoms. The smallest absolute Gasteiger partial charge is 0.316 e. The average Bonchev–Trinajstić information content (AvgIpc) is 2.57. The van der Waals surface area contributed by atoms with Crippen LogP contribution in [0.1, 0.15) is 54.4 Å². The van der Waals surface area contributed by atoms with Crippen molar-refractivity contribution < 1.29 is 23.8 Å². The Morgan fingerprint density at radius 2 is 1.62 bits per heavy atom. The molecule has 0 saturated heterocycles. The fraction of sp³-hybridized carbons (Fsp3) is 0.789. The molecule has 0 aromatic carbocycles. The van der Waals surface area contributed by atoms with Crippen molar-refractivity contribution in [3.8, 4) is 0 Å². The van der Waals surface area contributed by atoms with Gasteiger partial charge in [-0.05, 0) is 46.5 Å². The summed E-state index contributed by atoms with van der Waals surface area (Å²) in [7, 11) is 0. The standard InChI is InChI=1S/C19H32N2O5/c1-7-24-17-15(11-10-14(13(6)22)19(23)26-9-3)20-18(25-8-2)16(21-17)12(4)5/h12,14-16H,7-11H2,1-6H3/t14?,15-,16+/m0/s1. The molecule has 7 nitrogen and oxygen atoms in total. The van der Waals surface area contributed by atoms with E-state index in [0.717, 1.165) is 0 Å². The van der Waals surface area contributed by atoms with Crippen LogP contribution in [0.4, 0.5) is 0 Å². The van der Waals surface area contributed by atoms with Crippen molar-refractivity contribution in [2.24, 2.45) is 21.8 Å². The zero-order valence-corrected chi connectivity index (χ0v) is 16.8. The van der Waals surface area contributed by atoms with Crippen molar-refractivity contribution in [3.63, 3.8) is 0 Å². The predicted octanol–water partition coefficient (Wildman–Crippen LogP) is 2.81. The molecule has 1 aliphatic heterocycles. The van der Waals surface area contributed by atoms with E-state index in [2.05, 4.69) is 18.8 Å². The number of rotatable bonds is 9. The fourth-order valence-electron chi connectivity index (χ4n) is 2.79. The van der Waals surface area contributed by atoms with Crippen LogP contribution >= 0.6 is 0 Å². The molecule has 0 fully saturated rings. The lowest BCUT2D eigenvalue weighted by molar-refractivity contribution is -0.151. The van der Waals surface area contributed by atoms with Gasteiger partial charge in [0.05, 0.1) is 19.8 Å². The Bertz CT molecular complexity index is 542. The molecule has 0 radical (unpaired) electrons. The van der Waals surface area contributed by atoms with Gasteiger partial charge in [0.1, 0.15) is 23.8 Å². The first kappa shape index (κ1) is 22.1. The summed E-state index contributed by atoms with van der Waals surface area (Å²) in [6, 6.07) is -0.538. The van der Waals surface area contributed by atoms with Crippen LogP contribution in [-0.4, -0.2) is 55.5 Å². The van der Waals surface area contributed by atoms with Gasteiger partial charge in [0.25, 0.3) is 0 Å². The van der Waals surface area contributed by atoms with Gasteiger partial charge in [-0.3, -0.25) is 9.59 Å². The first-order valence-electron chi connectivity index (χ1n) is 9.43. The molecular weight excluding hydrogens is 336 g/mol. The van der Waals surface area contributed by atoms with Crippen LogP contribution in [0.5, 0.6) is 0 Å². The van der Waals surface area contributed by atoms with Crippen LogP contribution in [0.3, 0.4) is 0 Å². The summed E-state index contributed by atoms with van der Waals surface area (Å²) >= 11 is 0. The maximum absolute atomic E-state index is 12.0. The molecule has 148 valence electrons. The van der Waals surface area contributed by atoms with Crippen molar-refractivity contribution in [3.05, 3.63) is 0 Å². The number of Topliss-reactive ketones (excluding diaryl/α,β-unsaturated/α-hetero) is 1. The molecule has 0 N–H and O–H groups in total. The second-order valence-electron chi connectivity index (χ2n) is 6.50. The number of carbonyl (C=O) groups excluding carboxylic acids is 2. The predicted molar refractivity (Wildman–Crippen MR) is 101 cm³/mol. The van der Waals surface area contributed by atoms with Gasteiger partial charge in [-0.15, -0.1) is 0 Å². The van der Waals surface area contributed by atoms with Gasteiger partial charge < -0.3 is 14.2 Å². The molecular formula is C19H32N2O5. The second kappa shape index (κ2) is 10.9. The molecule has 7 heteroatoms. The highest BCUT2D eigenvalue weighted by Gasteiger charge is 2.33. The fourth-order valence-corrected chi connectivity index (χ4v) is 2.79. The number of ether oxygens (including phenoxy) is 3. The molecule has 1 aliphatic rings. The van der Waals surface area contributed by atoms with Crippen molar-refractivity contribution in [1.82, 2.24) is 0 Å². The Morgan fingerprint density at radius 1 is 1.00 bits per heavy atom. The van der Waals surface area contributed by atoms with E-state index in [1.54, 1.807) is 6.92 Å². The van der Waals surface area contributed by atoms with E-state index in [-0.39, 0.29) is 30.4 Å². The molecule has 0 aliphatic carbocycles. The van der Waals surface area contributed by atoms with Gasteiger partial charge in [0.2, 0.25) is 11.8 Å². The number of hydrogen-bond acceptors (Lipinski definition) is 7. The van der Waals surface area contributed by atoms with Gasteiger partial charge in [0.15, 0.2) is 0 Å². The molecule has 3 atom stereocenters. The monoisotopic (exact) mass is 368 g/mol. The van der Waals surface area contributed by atoms with Crippen molar-refractivity contribution in [2.45, 2.75) is 66.5 Å². The lowest BCUT2D eigenvalue weighted by Gasteiger charge is -2.28. The van der Waals surface area contributed by atoms with Crippen LogP contribution in [0, 0.1) is 11.8 Å². The minimum Gasteiger partial charge on any atom is -0.480 e. The molecule has 1 unspecified atom stereocenters. The normalized spacial score (nSPS) is 20.9. The average molecular weight is 368 g/mol. The summed E-state index contributed by atoms with van der Waals surface area (Å²) in [5, 5.41) is 0. The molecule has 1 rings (SSSR count). The van der Waals surface area contributed by atoms with Gasteiger partial charge in [-0.25, -0.2) is 9.98 Å². The van der Waals surface area contributed by atoms with Gasteiger partial charge in [0, 0.05) is 0 Å².